The first-order valence-corrected chi connectivity index (χ1v) is 9.91. The van der Waals surface area contributed by atoms with Crippen molar-refractivity contribution >= 4 is 56.5 Å². The molecular formula is C16H20N6O4S2. The SMILES string of the molecule is CNC(=O)Oc1cc(N)c(SSc2c(N)cc(OC(=O)NC)cc2N)c(N)c1. The van der Waals surface area contributed by atoms with Gasteiger partial charge in [-0.3, -0.25) is 0 Å². The molecule has 28 heavy (non-hydrogen) atoms. The second kappa shape index (κ2) is 9.19. The molecule has 10 nitrogen and oxygen atoms in total. The first-order chi connectivity index (χ1) is 13.2. The van der Waals surface area contributed by atoms with Gasteiger partial charge in [-0.2, -0.15) is 0 Å². The molecule has 10 N–H and O–H groups in total. The third kappa shape index (κ3) is 5.20. The molecule has 0 spiro atoms. The monoisotopic (exact) mass is 424 g/mol. The molecule has 0 aliphatic carbocycles. The van der Waals surface area contributed by atoms with Gasteiger partial charge in [-0.25, -0.2) is 9.59 Å². The third-order valence-electron chi connectivity index (χ3n) is 3.28. The predicted octanol–water partition coefficient (Wildman–Crippen LogP) is 2.25. The third-order valence-corrected chi connectivity index (χ3v) is 5.89. The van der Waals surface area contributed by atoms with Crippen molar-refractivity contribution < 1.29 is 19.1 Å². The van der Waals surface area contributed by atoms with E-state index in [1.54, 1.807) is 0 Å². The first kappa shape index (κ1) is 21.2. The van der Waals surface area contributed by atoms with E-state index < -0.39 is 12.2 Å². The molecule has 0 aliphatic rings. The van der Waals surface area contributed by atoms with Gasteiger partial charge in [0.25, 0.3) is 0 Å². The number of nitrogens with one attached hydrogen (secondary N) is 2. The Balaban J connectivity index is 2.17. The maximum absolute atomic E-state index is 11.3. The number of hydrogen-bond donors (Lipinski definition) is 6. The minimum absolute atomic E-state index is 0.221. The fourth-order valence-electron chi connectivity index (χ4n) is 2.00. The summed E-state index contributed by atoms with van der Waals surface area (Å²) in [4.78, 5) is 23.7. The Morgan fingerprint density at radius 3 is 1.25 bits per heavy atom. The zero-order valence-corrected chi connectivity index (χ0v) is 16.7. The number of ether oxygens (including phenoxy) is 2. The molecule has 2 aromatic rings. The quantitative estimate of drug-likeness (QED) is 0.307. The molecule has 0 radical (unpaired) electrons. The molecule has 0 aliphatic heterocycles. The van der Waals surface area contributed by atoms with Crippen molar-refractivity contribution in [3.8, 4) is 11.5 Å². The van der Waals surface area contributed by atoms with Crippen LogP contribution in [0.5, 0.6) is 11.5 Å². The summed E-state index contributed by atoms with van der Waals surface area (Å²) in [6.45, 7) is 0. The van der Waals surface area contributed by atoms with E-state index in [4.69, 9.17) is 32.4 Å². The van der Waals surface area contributed by atoms with Gasteiger partial charge in [0.15, 0.2) is 0 Å². The van der Waals surface area contributed by atoms with Crippen LogP contribution in [-0.4, -0.2) is 26.3 Å². The molecule has 0 heterocycles. The molecule has 0 atom stereocenters. The molecule has 2 amide bonds. The molecule has 0 aromatic heterocycles. The summed E-state index contributed by atoms with van der Waals surface area (Å²) >= 11 is 0. The zero-order chi connectivity index (χ0) is 20.8. The van der Waals surface area contributed by atoms with Crippen molar-refractivity contribution in [2.45, 2.75) is 9.79 Å². The number of carbonyl (C=O) groups is 2. The highest BCUT2D eigenvalue weighted by molar-refractivity contribution is 8.76. The molecule has 0 unspecified atom stereocenters. The van der Waals surface area contributed by atoms with Crippen molar-refractivity contribution in [3.05, 3.63) is 24.3 Å². The minimum Gasteiger partial charge on any atom is -0.410 e. The molecule has 2 rings (SSSR count). The Bertz CT molecular complexity index is 789. The molecule has 0 bridgehead atoms. The lowest BCUT2D eigenvalue weighted by molar-refractivity contribution is 0.202. The van der Waals surface area contributed by atoms with Gasteiger partial charge < -0.3 is 43.0 Å². The van der Waals surface area contributed by atoms with E-state index in [0.29, 0.717) is 32.5 Å². The van der Waals surface area contributed by atoms with Gasteiger partial charge in [0.1, 0.15) is 11.5 Å². The van der Waals surface area contributed by atoms with Crippen molar-refractivity contribution in [1.29, 1.82) is 0 Å². The Morgan fingerprint density at radius 2 is 1.00 bits per heavy atom. The summed E-state index contributed by atoms with van der Waals surface area (Å²) in [5.41, 5.74) is 25.4. The minimum atomic E-state index is -0.631. The molecule has 0 fully saturated rings. The standard InChI is InChI=1S/C16H20N6O4S2/c1-21-15(23)25-7-3-9(17)13(10(18)4-7)27-28-14-11(19)5-8(6-12(14)20)26-16(24)22-2/h3-6H,17-20H2,1-2H3,(H,21,23)(H,22,24). The maximum Gasteiger partial charge on any atom is 0.412 e. The molecule has 0 saturated carbocycles. The fourth-order valence-corrected chi connectivity index (χ4v) is 4.44. The van der Waals surface area contributed by atoms with Crippen LogP contribution in [0.2, 0.25) is 0 Å². The summed E-state index contributed by atoms with van der Waals surface area (Å²) in [7, 11) is 5.37. The van der Waals surface area contributed by atoms with Crippen molar-refractivity contribution in [2.24, 2.45) is 0 Å². The fraction of sp³-hybridized carbons (Fsp3) is 0.125. The Morgan fingerprint density at radius 1 is 0.714 bits per heavy atom. The van der Waals surface area contributed by atoms with E-state index in [1.165, 1.54) is 59.9 Å². The highest BCUT2D eigenvalue weighted by Gasteiger charge is 2.15. The average Bonchev–Trinajstić information content (AvgIpc) is 2.62. The highest BCUT2D eigenvalue weighted by Crippen LogP contribution is 2.48. The molecule has 150 valence electrons. The van der Waals surface area contributed by atoms with E-state index in [9.17, 15) is 9.59 Å². The Labute approximate surface area is 169 Å². The van der Waals surface area contributed by atoms with E-state index in [2.05, 4.69) is 10.6 Å². The van der Waals surface area contributed by atoms with Gasteiger partial charge in [0.05, 0.1) is 32.5 Å². The largest absolute Gasteiger partial charge is 0.412 e. The first-order valence-electron chi connectivity index (χ1n) is 7.76. The van der Waals surface area contributed by atoms with Crippen LogP contribution in [0.3, 0.4) is 0 Å². The normalized spacial score (nSPS) is 10.2. The Kier molecular flexibility index (Phi) is 6.95. The number of anilines is 4. The summed E-state index contributed by atoms with van der Waals surface area (Å²) in [6, 6.07) is 5.95. The van der Waals surface area contributed by atoms with Gasteiger partial charge in [-0.1, -0.05) is 0 Å². The number of rotatable bonds is 5. The van der Waals surface area contributed by atoms with E-state index >= 15 is 0 Å². The number of amides is 2. The second-order valence-electron chi connectivity index (χ2n) is 5.31. The second-order valence-corrected chi connectivity index (χ2v) is 7.46. The number of nitrogen functional groups attached to an aromatic ring is 4. The number of carbonyl (C=O) groups excluding carboxylic acids is 2. The highest BCUT2D eigenvalue weighted by atomic mass is 33.1. The summed E-state index contributed by atoms with van der Waals surface area (Å²) in [5.74, 6) is 0.442. The molecule has 2 aromatic carbocycles. The van der Waals surface area contributed by atoms with Gasteiger partial charge >= 0.3 is 12.2 Å². The lowest BCUT2D eigenvalue weighted by atomic mass is 10.2. The maximum atomic E-state index is 11.3. The lowest BCUT2D eigenvalue weighted by Crippen LogP contribution is -2.22. The van der Waals surface area contributed by atoms with Crippen molar-refractivity contribution in [1.82, 2.24) is 10.6 Å². The number of nitrogens with two attached hydrogens (primary N) is 4. The van der Waals surface area contributed by atoms with Crippen molar-refractivity contribution in [2.75, 3.05) is 37.0 Å². The zero-order valence-electron chi connectivity index (χ0n) is 15.1. The van der Waals surface area contributed by atoms with Crippen LogP contribution in [-0.2, 0) is 0 Å². The van der Waals surface area contributed by atoms with E-state index in [1.807, 2.05) is 0 Å². The van der Waals surface area contributed by atoms with Crippen LogP contribution in [0, 0.1) is 0 Å². The smallest absolute Gasteiger partial charge is 0.410 e. The predicted molar refractivity (Wildman–Crippen MR) is 112 cm³/mol. The van der Waals surface area contributed by atoms with E-state index in [-0.39, 0.29) is 11.5 Å². The van der Waals surface area contributed by atoms with Crippen LogP contribution in [0.4, 0.5) is 32.3 Å². The van der Waals surface area contributed by atoms with Gasteiger partial charge in [0, 0.05) is 38.4 Å². The summed E-state index contributed by atoms with van der Waals surface area (Å²) < 4.78 is 10.0. The lowest BCUT2D eigenvalue weighted by Gasteiger charge is -2.14. The number of benzene rings is 2. The summed E-state index contributed by atoms with van der Waals surface area (Å²) in [6.07, 6.45) is -1.26. The van der Waals surface area contributed by atoms with Crippen LogP contribution in [0.25, 0.3) is 0 Å². The Hall–Kier alpha value is -3.12. The van der Waals surface area contributed by atoms with Crippen LogP contribution < -0.4 is 43.0 Å². The topological polar surface area (TPSA) is 181 Å². The van der Waals surface area contributed by atoms with Gasteiger partial charge in [0.2, 0.25) is 0 Å². The van der Waals surface area contributed by atoms with Gasteiger partial charge in [-0.05, 0) is 21.6 Å². The van der Waals surface area contributed by atoms with Crippen molar-refractivity contribution in [3.63, 3.8) is 0 Å². The average molecular weight is 425 g/mol. The number of hydrogen-bond acceptors (Lipinski definition) is 10. The van der Waals surface area contributed by atoms with Crippen LogP contribution in [0.15, 0.2) is 34.1 Å². The summed E-state index contributed by atoms with van der Waals surface area (Å²) in [5, 5.41) is 4.66. The molecular weight excluding hydrogens is 404 g/mol. The van der Waals surface area contributed by atoms with Crippen LogP contribution >= 0.6 is 21.6 Å². The van der Waals surface area contributed by atoms with Crippen LogP contribution in [0.1, 0.15) is 0 Å². The molecule has 0 saturated heterocycles. The van der Waals surface area contributed by atoms with Gasteiger partial charge in [-0.15, -0.1) is 0 Å². The molecule has 12 heteroatoms. The van der Waals surface area contributed by atoms with E-state index in [0.717, 1.165) is 0 Å².